The molecule has 0 amide bonds. The summed E-state index contributed by atoms with van der Waals surface area (Å²) < 4.78 is 24.2. The summed E-state index contributed by atoms with van der Waals surface area (Å²) in [6, 6.07) is 0.422. The predicted molar refractivity (Wildman–Crippen MR) is 61.7 cm³/mol. The minimum Gasteiger partial charge on any atom is -0.309 e. The smallest absolute Gasteiger partial charge is 0.156 e. The fraction of sp³-hybridized carbons (Fsp3) is 1.00. The lowest BCUT2D eigenvalue weighted by atomic mass is 10.1. The molecule has 2 fully saturated rings. The Morgan fingerprint density at radius 1 is 1.20 bits per heavy atom. The molecule has 1 saturated heterocycles. The highest BCUT2D eigenvalue weighted by Crippen LogP contribution is 2.28. The van der Waals surface area contributed by atoms with Crippen LogP contribution in [0, 0.1) is 0 Å². The van der Waals surface area contributed by atoms with Gasteiger partial charge in [0, 0.05) is 12.1 Å². The van der Waals surface area contributed by atoms with Crippen LogP contribution < -0.4 is 5.32 Å². The van der Waals surface area contributed by atoms with E-state index >= 15 is 0 Å². The third-order valence-electron chi connectivity index (χ3n) is 3.79. The molecule has 1 heterocycles. The van der Waals surface area contributed by atoms with E-state index < -0.39 is 9.84 Å². The number of rotatable bonds is 1. The Morgan fingerprint density at radius 3 is 2.67 bits per heavy atom. The first-order valence-corrected chi connectivity index (χ1v) is 7.82. The van der Waals surface area contributed by atoms with Crippen LogP contribution in [0.4, 0.5) is 0 Å². The van der Waals surface area contributed by atoms with Gasteiger partial charge in [-0.25, -0.2) is 8.42 Å². The van der Waals surface area contributed by atoms with Gasteiger partial charge in [0.2, 0.25) is 0 Å². The molecule has 2 rings (SSSR count). The molecule has 0 spiro atoms. The molecule has 0 radical (unpaired) electrons. The van der Waals surface area contributed by atoms with E-state index in [1.165, 1.54) is 12.8 Å². The summed E-state index contributed by atoms with van der Waals surface area (Å²) in [5.41, 5.74) is 0. The summed E-state index contributed by atoms with van der Waals surface area (Å²) >= 11 is 0. The second-order valence-electron chi connectivity index (χ2n) is 4.88. The number of sulfone groups is 1. The molecule has 0 bridgehead atoms. The number of fused-ring (bicyclic) bond motifs is 1. The molecule has 0 aromatic rings. The zero-order valence-electron chi connectivity index (χ0n) is 9.41. The second kappa shape index (κ2) is 4.42. The van der Waals surface area contributed by atoms with Gasteiger partial charge in [-0.05, 0) is 19.3 Å². The Balaban J connectivity index is 2.19. The van der Waals surface area contributed by atoms with Crippen LogP contribution in [-0.2, 0) is 9.84 Å². The molecule has 1 saturated carbocycles. The quantitative estimate of drug-likeness (QED) is 0.743. The van der Waals surface area contributed by atoms with Crippen molar-refractivity contribution in [1.82, 2.24) is 5.32 Å². The van der Waals surface area contributed by atoms with Gasteiger partial charge in [-0.15, -0.1) is 0 Å². The largest absolute Gasteiger partial charge is 0.309 e. The van der Waals surface area contributed by atoms with Crippen LogP contribution in [0.1, 0.15) is 45.4 Å². The van der Waals surface area contributed by atoms with Crippen molar-refractivity contribution < 1.29 is 8.42 Å². The molecule has 3 unspecified atom stereocenters. The summed E-state index contributed by atoms with van der Waals surface area (Å²) in [5, 5.41) is 3.43. The maximum Gasteiger partial charge on any atom is 0.156 e. The van der Waals surface area contributed by atoms with Crippen LogP contribution in [0.15, 0.2) is 0 Å². The molecule has 3 atom stereocenters. The predicted octanol–water partition coefficient (Wildman–Crippen LogP) is 1.48. The van der Waals surface area contributed by atoms with E-state index in [4.69, 9.17) is 0 Å². The topological polar surface area (TPSA) is 46.2 Å². The molecule has 4 heteroatoms. The lowest BCUT2D eigenvalue weighted by Crippen LogP contribution is -2.56. The molecule has 88 valence electrons. The summed E-state index contributed by atoms with van der Waals surface area (Å²) in [7, 11) is -2.83. The Hall–Kier alpha value is -0.0900. The first-order chi connectivity index (χ1) is 7.13. The average Bonchev–Trinajstić information content (AvgIpc) is 2.42. The van der Waals surface area contributed by atoms with Crippen molar-refractivity contribution in [1.29, 1.82) is 0 Å². The van der Waals surface area contributed by atoms with E-state index in [1.807, 2.05) is 0 Å². The highest BCUT2D eigenvalue weighted by molar-refractivity contribution is 7.92. The van der Waals surface area contributed by atoms with E-state index in [0.717, 1.165) is 25.7 Å². The number of hydrogen-bond donors (Lipinski definition) is 1. The summed E-state index contributed by atoms with van der Waals surface area (Å²) in [5.74, 6) is 0.352. The van der Waals surface area contributed by atoms with Crippen LogP contribution in [0.3, 0.4) is 0 Å². The van der Waals surface area contributed by atoms with Gasteiger partial charge < -0.3 is 5.32 Å². The molecule has 2 aliphatic rings. The zero-order valence-corrected chi connectivity index (χ0v) is 10.2. The molecule has 1 N–H and O–H groups in total. The Kier molecular flexibility index (Phi) is 3.36. The van der Waals surface area contributed by atoms with Crippen molar-refractivity contribution in [2.24, 2.45) is 0 Å². The van der Waals surface area contributed by atoms with E-state index in [9.17, 15) is 8.42 Å². The molecule has 15 heavy (non-hydrogen) atoms. The molecule has 1 aliphatic carbocycles. The van der Waals surface area contributed by atoms with Gasteiger partial charge in [0.1, 0.15) is 0 Å². The van der Waals surface area contributed by atoms with Crippen LogP contribution in [0.2, 0.25) is 0 Å². The van der Waals surface area contributed by atoms with Crippen LogP contribution in [-0.4, -0.2) is 31.5 Å². The number of nitrogens with one attached hydrogen (secondary N) is 1. The Bertz CT molecular complexity index is 313. The molecule has 3 nitrogen and oxygen atoms in total. The van der Waals surface area contributed by atoms with Crippen molar-refractivity contribution in [3.8, 4) is 0 Å². The molecular weight excluding hydrogens is 210 g/mol. The Labute approximate surface area is 92.6 Å². The van der Waals surface area contributed by atoms with Crippen molar-refractivity contribution >= 4 is 9.84 Å². The van der Waals surface area contributed by atoms with Crippen LogP contribution >= 0.6 is 0 Å². The van der Waals surface area contributed by atoms with E-state index in [2.05, 4.69) is 12.2 Å². The van der Waals surface area contributed by atoms with Gasteiger partial charge in [0.05, 0.1) is 11.0 Å². The van der Waals surface area contributed by atoms with Crippen LogP contribution in [0.5, 0.6) is 0 Å². The second-order valence-corrected chi connectivity index (χ2v) is 7.15. The third-order valence-corrected chi connectivity index (χ3v) is 6.14. The normalized spacial score (nSPS) is 40.5. The van der Waals surface area contributed by atoms with Gasteiger partial charge in [-0.1, -0.05) is 26.2 Å². The van der Waals surface area contributed by atoms with Gasteiger partial charge >= 0.3 is 0 Å². The number of hydrogen-bond acceptors (Lipinski definition) is 3. The fourth-order valence-corrected chi connectivity index (χ4v) is 5.27. The summed E-state index contributed by atoms with van der Waals surface area (Å²) in [6.07, 6.45) is 6.29. The standard InChI is InChI=1S/C11H21NO2S/c1-2-9-8-15(13,14)11-7-5-3-4-6-10(11)12-9/h9-12H,2-8H2,1H3. The molecule has 1 aliphatic heterocycles. The van der Waals surface area contributed by atoms with Gasteiger partial charge in [0.15, 0.2) is 9.84 Å². The van der Waals surface area contributed by atoms with Crippen molar-refractivity contribution in [2.75, 3.05) is 5.75 Å². The SMILES string of the molecule is CCC1CS(=O)(=O)C2CCCCCC2N1. The van der Waals surface area contributed by atoms with Gasteiger partial charge in [0.25, 0.3) is 0 Å². The highest BCUT2D eigenvalue weighted by atomic mass is 32.2. The van der Waals surface area contributed by atoms with E-state index in [-0.39, 0.29) is 17.3 Å². The van der Waals surface area contributed by atoms with Gasteiger partial charge in [-0.2, -0.15) is 0 Å². The third kappa shape index (κ3) is 2.36. The molecule has 0 aromatic carbocycles. The van der Waals surface area contributed by atoms with E-state index in [1.54, 1.807) is 0 Å². The maximum absolute atomic E-state index is 12.1. The average molecular weight is 231 g/mol. The maximum atomic E-state index is 12.1. The first-order valence-electron chi connectivity index (χ1n) is 6.11. The van der Waals surface area contributed by atoms with Crippen molar-refractivity contribution in [3.05, 3.63) is 0 Å². The fourth-order valence-electron chi connectivity index (χ4n) is 2.88. The van der Waals surface area contributed by atoms with Crippen LogP contribution in [0.25, 0.3) is 0 Å². The first kappa shape index (κ1) is 11.4. The van der Waals surface area contributed by atoms with Crippen molar-refractivity contribution in [3.63, 3.8) is 0 Å². The lowest BCUT2D eigenvalue weighted by molar-refractivity contribution is 0.374. The Morgan fingerprint density at radius 2 is 1.93 bits per heavy atom. The zero-order chi connectivity index (χ0) is 10.9. The van der Waals surface area contributed by atoms with E-state index in [0.29, 0.717) is 5.75 Å². The minimum absolute atomic E-state index is 0.0946. The minimum atomic E-state index is -2.83. The highest BCUT2D eigenvalue weighted by Gasteiger charge is 2.40. The van der Waals surface area contributed by atoms with Crippen molar-refractivity contribution in [2.45, 2.75) is 62.8 Å². The molecular formula is C11H21NO2S. The summed E-state index contributed by atoms with van der Waals surface area (Å²) in [4.78, 5) is 0. The summed E-state index contributed by atoms with van der Waals surface area (Å²) in [6.45, 7) is 2.06. The lowest BCUT2D eigenvalue weighted by Gasteiger charge is -2.36. The molecule has 0 aromatic heterocycles. The van der Waals surface area contributed by atoms with Gasteiger partial charge in [-0.3, -0.25) is 0 Å². The monoisotopic (exact) mass is 231 g/mol.